The predicted octanol–water partition coefficient (Wildman–Crippen LogP) is 0.410. The third-order valence-electron chi connectivity index (χ3n) is 0.406. The molecule has 1 aromatic rings. The van der Waals surface area contributed by atoms with Crippen LogP contribution in [0.2, 0.25) is 0 Å². The van der Waals surface area contributed by atoms with Crippen molar-refractivity contribution in [1.29, 1.82) is 0 Å². The number of nitrogens with zero attached hydrogens (tertiary/aromatic N) is 1. The van der Waals surface area contributed by atoms with Gasteiger partial charge in [0.2, 0.25) is 0 Å². The molecule has 0 bridgehead atoms. The molecule has 1 rings (SSSR count). The number of imidazole rings is 1. The van der Waals surface area contributed by atoms with Gasteiger partial charge in [-0.05, 0) is 0 Å². The van der Waals surface area contributed by atoms with E-state index in [2.05, 4.69) is 9.97 Å². The Morgan fingerprint density at radius 3 is 2.50 bits per heavy atom. The Bertz CT molecular complexity index is 65.3. The van der Waals surface area contributed by atoms with E-state index >= 15 is 0 Å². The summed E-state index contributed by atoms with van der Waals surface area (Å²) in [6.07, 6.45) is 5.08. The minimum Gasteiger partial charge on any atom is -0.351 e. The molecule has 0 atom stereocenters. The standard InChI is InChI=1S/C3H4N2.Nd/c1-2-5-3-4-1;/h1-3H,(H,4,5);. The van der Waals surface area contributed by atoms with Gasteiger partial charge in [0.25, 0.3) is 0 Å². The number of H-pyrrole nitrogens is 1. The Labute approximate surface area is 68.9 Å². The molecule has 0 amide bonds. The first-order valence-corrected chi connectivity index (χ1v) is 1.43. The van der Waals surface area contributed by atoms with Crippen molar-refractivity contribution in [2.45, 2.75) is 0 Å². The van der Waals surface area contributed by atoms with E-state index in [0.29, 0.717) is 0 Å². The monoisotopic (exact) mass is 210 g/mol. The smallest absolute Gasteiger partial charge is 0.0919 e. The molecule has 0 aliphatic heterocycles. The largest absolute Gasteiger partial charge is 0.351 e. The van der Waals surface area contributed by atoms with E-state index in [-0.39, 0.29) is 40.8 Å². The van der Waals surface area contributed by atoms with Crippen molar-refractivity contribution >= 4 is 0 Å². The fourth-order valence-electron chi connectivity index (χ4n) is 0.215. The minimum absolute atomic E-state index is 0. The maximum absolute atomic E-state index is 3.67. The van der Waals surface area contributed by atoms with Gasteiger partial charge in [-0.3, -0.25) is 0 Å². The quantitative estimate of drug-likeness (QED) is 0.663. The van der Waals surface area contributed by atoms with Crippen LogP contribution < -0.4 is 0 Å². The summed E-state index contributed by atoms with van der Waals surface area (Å²) in [6.45, 7) is 0. The molecule has 1 heterocycles. The summed E-state index contributed by atoms with van der Waals surface area (Å²) in [5.74, 6) is 0. The fourth-order valence-corrected chi connectivity index (χ4v) is 0.215. The van der Waals surface area contributed by atoms with Gasteiger partial charge >= 0.3 is 0 Å². The molecule has 0 saturated heterocycles. The molecule has 1 aromatic heterocycles. The average molecular weight is 212 g/mol. The van der Waals surface area contributed by atoms with Gasteiger partial charge in [0.15, 0.2) is 0 Å². The Kier molecular flexibility index (Phi) is 4.09. The van der Waals surface area contributed by atoms with Crippen LogP contribution in [-0.4, -0.2) is 9.97 Å². The van der Waals surface area contributed by atoms with Crippen LogP contribution in [0.1, 0.15) is 0 Å². The number of nitrogens with one attached hydrogen (secondary N) is 1. The molecule has 0 unspecified atom stereocenters. The molecule has 0 radical (unpaired) electrons. The zero-order chi connectivity index (χ0) is 3.54. The van der Waals surface area contributed by atoms with E-state index in [1.165, 1.54) is 0 Å². The Hall–Kier alpha value is 0.561. The van der Waals surface area contributed by atoms with Gasteiger partial charge in [0, 0.05) is 53.2 Å². The van der Waals surface area contributed by atoms with E-state index < -0.39 is 0 Å². The molecule has 0 fully saturated rings. The average Bonchev–Trinajstić information content (AvgIpc) is 1.76. The second-order valence-corrected chi connectivity index (χ2v) is 0.761. The van der Waals surface area contributed by atoms with E-state index in [9.17, 15) is 0 Å². The summed E-state index contributed by atoms with van der Waals surface area (Å²) in [5.41, 5.74) is 0. The number of aromatic nitrogens is 2. The zero-order valence-corrected chi connectivity index (χ0v) is 6.39. The Morgan fingerprint density at radius 1 is 1.50 bits per heavy atom. The van der Waals surface area contributed by atoms with Gasteiger partial charge in [-0.1, -0.05) is 0 Å². The summed E-state index contributed by atoms with van der Waals surface area (Å²) >= 11 is 0. The number of rotatable bonds is 0. The third-order valence-corrected chi connectivity index (χ3v) is 0.406. The normalized spacial score (nSPS) is 6.67. The topological polar surface area (TPSA) is 28.7 Å². The van der Waals surface area contributed by atoms with Crippen LogP contribution in [0.3, 0.4) is 0 Å². The van der Waals surface area contributed by atoms with Crippen LogP contribution >= 0.6 is 0 Å². The second kappa shape index (κ2) is 3.74. The van der Waals surface area contributed by atoms with Gasteiger partial charge in [0.05, 0.1) is 6.33 Å². The summed E-state index contributed by atoms with van der Waals surface area (Å²) in [5, 5.41) is 0. The van der Waals surface area contributed by atoms with Crippen molar-refractivity contribution in [2.75, 3.05) is 0 Å². The predicted molar refractivity (Wildman–Crippen MR) is 18.6 cm³/mol. The molecule has 1 N–H and O–H groups in total. The summed E-state index contributed by atoms with van der Waals surface area (Å²) in [4.78, 5) is 6.42. The molecule has 2 nitrogen and oxygen atoms in total. The van der Waals surface area contributed by atoms with Crippen LogP contribution in [0.15, 0.2) is 18.7 Å². The van der Waals surface area contributed by atoms with Crippen molar-refractivity contribution in [1.82, 2.24) is 9.97 Å². The van der Waals surface area contributed by atoms with Gasteiger partial charge in [-0.15, -0.1) is 0 Å². The first kappa shape index (κ1) is 6.56. The van der Waals surface area contributed by atoms with Crippen LogP contribution in [0.4, 0.5) is 0 Å². The Balaban J connectivity index is 0.000000250. The molecule has 0 aromatic carbocycles. The maximum Gasteiger partial charge on any atom is 0.0919 e. The minimum atomic E-state index is 0. The van der Waals surface area contributed by atoms with Crippen molar-refractivity contribution in [3.05, 3.63) is 18.7 Å². The molecule has 6 heavy (non-hydrogen) atoms. The van der Waals surface area contributed by atoms with Crippen LogP contribution in [-0.2, 0) is 0 Å². The SMILES string of the molecule is [Nd].c1c[nH]cn1. The molecule has 0 saturated carbocycles. The van der Waals surface area contributed by atoms with Crippen molar-refractivity contribution in [3.8, 4) is 0 Å². The number of hydrogen-bond donors (Lipinski definition) is 1. The second-order valence-electron chi connectivity index (χ2n) is 0.761. The van der Waals surface area contributed by atoms with Gasteiger partial charge < -0.3 is 4.98 Å². The van der Waals surface area contributed by atoms with Crippen molar-refractivity contribution < 1.29 is 40.8 Å². The van der Waals surface area contributed by atoms with E-state index in [4.69, 9.17) is 0 Å². The summed E-state index contributed by atoms with van der Waals surface area (Å²) in [7, 11) is 0. The summed E-state index contributed by atoms with van der Waals surface area (Å²) < 4.78 is 0. The first-order valence-electron chi connectivity index (χ1n) is 1.43. The Morgan fingerprint density at radius 2 is 2.33 bits per heavy atom. The number of hydrogen-bond acceptors (Lipinski definition) is 1. The molecule has 3 heteroatoms. The first-order chi connectivity index (χ1) is 2.50. The molecule has 0 spiro atoms. The van der Waals surface area contributed by atoms with Gasteiger partial charge in [-0.25, -0.2) is 4.98 Å². The van der Waals surface area contributed by atoms with Gasteiger partial charge in [-0.2, -0.15) is 0 Å². The molecular weight excluding hydrogens is 208 g/mol. The van der Waals surface area contributed by atoms with Crippen molar-refractivity contribution in [2.24, 2.45) is 0 Å². The number of aromatic amines is 1. The fraction of sp³-hybridized carbons (Fsp3) is 0. The van der Waals surface area contributed by atoms with Crippen LogP contribution in [0, 0.1) is 40.8 Å². The molecule has 0 aliphatic carbocycles. The van der Waals surface area contributed by atoms with Crippen LogP contribution in [0.5, 0.6) is 0 Å². The van der Waals surface area contributed by atoms with E-state index in [1.807, 2.05) is 0 Å². The van der Waals surface area contributed by atoms with Crippen LogP contribution in [0.25, 0.3) is 0 Å². The van der Waals surface area contributed by atoms with Gasteiger partial charge in [0.1, 0.15) is 0 Å². The maximum atomic E-state index is 3.67. The zero-order valence-electron chi connectivity index (χ0n) is 3.18. The third kappa shape index (κ3) is 1.87. The van der Waals surface area contributed by atoms with E-state index in [0.717, 1.165) is 0 Å². The van der Waals surface area contributed by atoms with E-state index in [1.54, 1.807) is 18.7 Å². The van der Waals surface area contributed by atoms with Crippen molar-refractivity contribution in [3.63, 3.8) is 0 Å². The molecule has 0 aliphatic rings. The molecule has 30 valence electrons. The molecular formula is C3H4N2Nd. The summed E-state index contributed by atoms with van der Waals surface area (Å²) in [6, 6.07) is 0.